The highest BCUT2D eigenvalue weighted by Gasteiger charge is 2.35. The van der Waals surface area contributed by atoms with Crippen LogP contribution in [0.25, 0.3) is 11.2 Å². The molecule has 19 heavy (non-hydrogen) atoms. The lowest BCUT2D eigenvalue weighted by Gasteiger charge is -2.16. The van der Waals surface area contributed by atoms with Crippen molar-refractivity contribution in [3.63, 3.8) is 0 Å². The van der Waals surface area contributed by atoms with E-state index in [2.05, 4.69) is 15.0 Å². The molecule has 7 nitrogen and oxygen atoms in total. The molecule has 1 aliphatic heterocycles. The predicted molar refractivity (Wildman–Crippen MR) is 67.7 cm³/mol. The van der Waals surface area contributed by atoms with E-state index in [0.717, 1.165) is 6.42 Å². The third-order valence-electron chi connectivity index (χ3n) is 3.45. The fourth-order valence-corrected chi connectivity index (χ4v) is 2.47. The SMILES string of the molecule is CC[C@@H]1CC(O)[C@H](n2cnc3c(=O)[nH]c(C)nc32)O1. The van der Waals surface area contributed by atoms with E-state index in [-0.39, 0.29) is 17.2 Å². The average molecular weight is 264 g/mol. The second-order valence-corrected chi connectivity index (χ2v) is 4.84. The highest BCUT2D eigenvalue weighted by Crippen LogP contribution is 2.31. The molecule has 2 aromatic heterocycles. The number of nitrogens with zero attached hydrogens (tertiary/aromatic N) is 3. The number of fused-ring (bicyclic) bond motifs is 1. The van der Waals surface area contributed by atoms with Crippen molar-refractivity contribution in [2.24, 2.45) is 0 Å². The normalized spacial score (nSPS) is 27.2. The molecular formula is C12H16N4O3. The van der Waals surface area contributed by atoms with Gasteiger partial charge in [-0.15, -0.1) is 0 Å². The number of nitrogens with one attached hydrogen (secondary N) is 1. The number of aliphatic hydroxyl groups is 1. The summed E-state index contributed by atoms with van der Waals surface area (Å²) in [6, 6.07) is 0. The molecule has 7 heteroatoms. The molecule has 3 rings (SSSR count). The number of aliphatic hydroxyl groups excluding tert-OH is 1. The molecule has 0 amide bonds. The van der Waals surface area contributed by atoms with Gasteiger partial charge in [-0.05, 0) is 13.3 Å². The van der Waals surface area contributed by atoms with Crippen molar-refractivity contribution >= 4 is 11.2 Å². The molecule has 2 N–H and O–H groups in total. The number of hydrogen-bond donors (Lipinski definition) is 2. The smallest absolute Gasteiger partial charge is 0.279 e. The highest BCUT2D eigenvalue weighted by molar-refractivity contribution is 5.69. The Labute approximate surface area is 109 Å². The number of H-pyrrole nitrogens is 1. The minimum atomic E-state index is -0.608. The van der Waals surface area contributed by atoms with Gasteiger partial charge in [-0.3, -0.25) is 9.36 Å². The van der Waals surface area contributed by atoms with Crippen molar-refractivity contribution in [3.8, 4) is 0 Å². The Morgan fingerprint density at radius 1 is 1.63 bits per heavy atom. The zero-order chi connectivity index (χ0) is 13.6. The van der Waals surface area contributed by atoms with Gasteiger partial charge in [0.1, 0.15) is 11.9 Å². The topological polar surface area (TPSA) is 93.0 Å². The van der Waals surface area contributed by atoms with Crippen LogP contribution in [-0.4, -0.2) is 36.8 Å². The third kappa shape index (κ3) is 1.95. The molecule has 3 atom stereocenters. The number of hydrogen-bond acceptors (Lipinski definition) is 5. The first kappa shape index (κ1) is 12.3. The Kier molecular flexibility index (Phi) is 2.87. The van der Waals surface area contributed by atoms with Crippen LogP contribution in [0.4, 0.5) is 0 Å². The Bertz CT molecular complexity index is 663. The van der Waals surface area contributed by atoms with Gasteiger partial charge in [0, 0.05) is 6.42 Å². The van der Waals surface area contributed by atoms with E-state index in [4.69, 9.17) is 4.74 Å². The van der Waals surface area contributed by atoms with Crippen LogP contribution in [0.2, 0.25) is 0 Å². The quantitative estimate of drug-likeness (QED) is 0.823. The second kappa shape index (κ2) is 4.43. The largest absolute Gasteiger partial charge is 0.388 e. The Morgan fingerprint density at radius 2 is 2.42 bits per heavy atom. The van der Waals surface area contributed by atoms with Gasteiger partial charge < -0.3 is 14.8 Å². The first-order valence-electron chi connectivity index (χ1n) is 6.37. The third-order valence-corrected chi connectivity index (χ3v) is 3.45. The molecule has 2 aromatic rings. The van der Waals surface area contributed by atoms with E-state index < -0.39 is 12.3 Å². The van der Waals surface area contributed by atoms with Crippen molar-refractivity contribution < 1.29 is 9.84 Å². The summed E-state index contributed by atoms with van der Waals surface area (Å²) in [6.07, 6.45) is 1.82. The van der Waals surface area contributed by atoms with Crippen LogP contribution >= 0.6 is 0 Å². The van der Waals surface area contributed by atoms with Gasteiger partial charge in [0.2, 0.25) is 0 Å². The lowest BCUT2D eigenvalue weighted by atomic mass is 10.1. The zero-order valence-electron chi connectivity index (χ0n) is 10.8. The standard InChI is InChI=1S/C12H16N4O3/c1-3-7-4-8(17)12(19-7)16-5-13-9-10(16)14-6(2)15-11(9)18/h5,7-8,12,17H,3-4H2,1-2H3,(H,14,15,18)/t7-,8?,12-/m1/s1. The van der Waals surface area contributed by atoms with E-state index in [0.29, 0.717) is 17.9 Å². The number of imidazole rings is 1. The van der Waals surface area contributed by atoms with Crippen molar-refractivity contribution in [1.29, 1.82) is 0 Å². The van der Waals surface area contributed by atoms with Crippen LogP contribution in [-0.2, 0) is 4.74 Å². The minimum Gasteiger partial charge on any atom is -0.388 e. The summed E-state index contributed by atoms with van der Waals surface area (Å²) in [7, 11) is 0. The predicted octanol–water partition coefficient (Wildman–Crippen LogP) is 0.486. The van der Waals surface area contributed by atoms with Crippen molar-refractivity contribution in [2.45, 2.75) is 45.1 Å². The fourth-order valence-electron chi connectivity index (χ4n) is 2.47. The summed E-state index contributed by atoms with van der Waals surface area (Å²) >= 11 is 0. The molecule has 1 saturated heterocycles. The van der Waals surface area contributed by atoms with E-state index in [9.17, 15) is 9.90 Å². The molecular weight excluding hydrogens is 248 g/mol. The van der Waals surface area contributed by atoms with E-state index in [1.807, 2.05) is 6.92 Å². The molecule has 1 fully saturated rings. The summed E-state index contributed by atoms with van der Waals surface area (Å²) < 4.78 is 7.41. The molecule has 1 unspecified atom stereocenters. The average Bonchev–Trinajstić information content (AvgIpc) is 2.92. The van der Waals surface area contributed by atoms with Gasteiger partial charge in [0.05, 0.1) is 12.4 Å². The van der Waals surface area contributed by atoms with E-state index in [1.54, 1.807) is 11.5 Å². The maximum Gasteiger partial charge on any atom is 0.279 e. The summed E-state index contributed by atoms with van der Waals surface area (Å²) in [5.74, 6) is 0.513. The molecule has 0 radical (unpaired) electrons. The van der Waals surface area contributed by atoms with Crippen molar-refractivity contribution in [1.82, 2.24) is 19.5 Å². The fraction of sp³-hybridized carbons (Fsp3) is 0.583. The van der Waals surface area contributed by atoms with Crippen LogP contribution in [0.15, 0.2) is 11.1 Å². The molecule has 0 bridgehead atoms. The lowest BCUT2D eigenvalue weighted by Crippen LogP contribution is -2.20. The van der Waals surface area contributed by atoms with Crippen molar-refractivity contribution in [2.75, 3.05) is 0 Å². The molecule has 3 heterocycles. The van der Waals surface area contributed by atoms with Crippen LogP contribution in [0.1, 0.15) is 31.8 Å². The van der Waals surface area contributed by atoms with Gasteiger partial charge in [0.15, 0.2) is 17.4 Å². The van der Waals surface area contributed by atoms with Crippen molar-refractivity contribution in [3.05, 3.63) is 22.5 Å². The summed E-state index contributed by atoms with van der Waals surface area (Å²) in [5.41, 5.74) is 0.434. The molecule has 1 aliphatic rings. The molecule has 0 aromatic carbocycles. The summed E-state index contributed by atoms with van der Waals surface area (Å²) in [5, 5.41) is 10.1. The number of aromatic nitrogens is 4. The van der Waals surface area contributed by atoms with Gasteiger partial charge >= 0.3 is 0 Å². The summed E-state index contributed by atoms with van der Waals surface area (Å²) in [4.78, 5) is 22.7. The van der Waals surface area contributed by atoms with Gasteiger partial charge in [0.25, 0.3) is 5.56 Å². The van der Waals surface area contributed by atoms with E-state index >= 15 is 0 Å². The number of ether oxygens (including phenoxy) is 1. The van der Waals surface area contributed by atoms with Gasteiger partial charge in [-0.25, -0.2) is 9.97 Å². The van der Waals surface area contributed by atoms with Crippen LogP contribution in [0, 0.1) is 6.92 Å². The summed E-state index contributed by atoms with van der Waals surface area (Å²) in [6.45, 7) is 3.72. The molecule has 0 aliphatic carbocycles. The van der Waals surface area contributed by atoms with Gasteiger partial charge in [-0.1, -0.05) is 6.92 Å². The molecule has 0 spiro atoms. The molecule has 102 valence electrons. The monoisotopic (exact) mass is 264 g/mol. The van der Waals surface area contributed by atoms with E-state index in [1.165, 1.54) is 6.33 Å². The minimum absolute atomic E-state index is 0.0283. The zero-order valence-corrected chi connectivity index (χ0v) is 10.8. The number of aryl methyl sites for hydroxylation is 1. The number of aromatic amines is 1. The first-order chi connectivity index (χ1) is 9.10. The van der Waals surface area contributed by atoms with Crippen LogP contribution < -0.4 is 5.56 Å². The Morgan fingerprint density at radius 3 is 3.11 bits per heavy atom. The Balaban J connectivity index is 2.09. The lowest BCUT2D eigenvalue weighted by molar-refractivity contribution is -0.0355. The maximum absolute atomic E-state index is 11.8. The van der Waals surface area contributed by atoms with Crippen LogP contribution in [0.5, 0.6) is 0 Å². The highest BCUT2D eigenvalue weighted by atomic mass is 16.5. The Hall–Kier alpha value is -1.73. The molecule has 0 saturated carbocycles. The maximum atomic E-state index is 11.8. The van der Waals surface area contributed by atoms with Gasteiger partial charge in [-0.2, -0.15) is 0 Å². The first-order valence-corrected chi connectivity index (χ1v) is 6.37. The van der Waals surface area contributed by atoms with Crippen LogP contribution in [0.3, 0.4) is 0 Å². The second-order valence-electron chi connectivity index (χ2n) is 4.84. The number of rotatable bonds is 2.